The van der Waals surface area contributed by atoms with Gasteiger partial charge in [0, 0.05) is 11.6 Å². The standard InChI is InChI=1S/C15H13Cl2NO4S/c1-23(20,21)18-15(19)11-4-2-10(3-5-11)9-22-12-6-7-13(16)14(17)8-12/h2-8H,9H2,1H3,(H,18,19). The number of halogens is 2. The van der Waals surface area contributed by atoms with Crippen LogP contribution in [0.2, 0.25) is 10.0 Å². The van der Waals surface area contributed by atoms with Gasteiger partial charge in [0.2, 0.25) is 10.0 Å². The van der Waals surface area contributed by atoms with Gasteiger partial charge >= 0.3 is 0 Å². The predicted octanol–water partition coefficient (Wildman–Crippen LogP) is 3.26. The van der Waals surface area contributed by atoms with Gasteiger partial charge in [0.15, 0.2) is 0 Å². The lowest BCUT2D eigenvalue weighted by Gasteiger charge is -2.08. The van der Waals surface area contributed by atoms with Crippen molar-refractivity contribution in [2.24, 2.45) is 0 Å². The van der Waals surface area contributed by atoms with E-state index in [1.807, 2.05) is 4.72 Å². The highest BCUT2D eigenvalue weighted by atomic mass is 35.5. The minimum absolute atomic E-state index is 0.244. The minimum atomic E-state index is -3.58. The maximum Gasteiger partial charge on any atom is 0.264 e. The molecular weight excluding hydrogens is 361 g/mol. The van der Waals surface area contributed by atoms with Crippen molar-refractivity contribution in [3.63, 3.8) is 0 Å². The largest absolute Gasteiger partial charge is 0.489 e. The number of nitrogens with one attached hydrogen (secondary N) is 1. The van der Waals surface area contributed by atoms with Crippen molar-refractivity contribution in [3.05, 3.63) is 63.6 Å². The molecule has 0 heterocycles. The van der Waals surface area contributed by atoms with Crippen LogP contribution < -0.4 is 9.46 Å². The number of carbonyl (C=O) groups is 1. The molecule has 0 atom stereocenters. The average molecular weight is 374 g/mol. The molecule has 0 aromatic heterocycles. The molecule has 2 aromatic rings. The Hall–Kier alpha value is -1.76. The van der Waals surface area contributed by atoms with Crippen molar-refractivity contribution in [2.45, 2.75) is 6.61 Å². The highest BCUT2D eigenvalue weighted by Crippen LogP contribution is 2.26. The summed E-state index contributed by atoms with van der Waals surface area (Å²) in [6.45, 7) is 0.270. The number of carbonyl (C=O) groups excluding carboxylic acids is 1. The lowest BCUT2D eigenvalue weighted by molar-refractivity contribution is 0.0981. The highest BCUT2D eigenvalue weighted by molar-refractivity contribution is 7.89. The number of hydrogen-bond acceptors (Lipinski definition) is 4. The molecule has 0 saturated carbocycles. The molecule has 0 aliphatic carbocycles. The first kappa shape index (κ1) is 17.6. The molecule has 0 aliphatic rings. The van der Waals surface area contributed by atoms with Gasteiger partial charge in [0.05, 0.1) is 16.3 Å². The van der Waals surface area contributed by atoms with Crippen LogP contribution in [0.4, 0.5) is 0 Å². The van der Waals surface area contributed by atoms with Crippen LogP contribution in [-0.2, 0) is 16.6 Å². The number of amides is 1. The summed E-state index contributed by atoms with van der Waals surface area (Å²) in [5.41, 5.74) is 1.06. The summed E-state index contributed by atoms with van der Waals surface area (Å²) < 4.78 is 29.5. The number of ether oxygens (including phenoxy) is 1. The van der Waals surface area contributed by atoms with Gasteiger partial charge in [-0.05, 0) is 29.8 Å². The molecule has 8 heteroatoms. The number of benzene rings is 2. The molecule has 2 aromatic carbocycles. The first-order valence-electron chi connectivity index (χ1n) is 6.43. The van der Waals surface area contributed by atoms with E-state index in [0.717, 1.165) is 11.8 Å². The Balaban J connectivity index is 1.99. The van der Waals surface area contributed by atoms with E-state index in [4.69, 9.17) is 27.9 Å². The Kier molecular flexibility index (Phi) is 5.51. The molecule has 0 spiro atoms. The van der Waals surface area contributed by atoms with Crippen molar-refractivity contribution in [3.8, 4) is 5.75 Å². The van der Waals surface area contributed by atoms with Crippen LogP contribution in [0.15, 0.2) is 42.5 Å². The molecule has 0 unspecified atom stereocenters. The van der Waals surface area contributed by atoms with Crippen molar-refractivity contribution < 1.29 is 17.9 Å². The second kappa shape index (κ2) is 7.21. The maximum absolute atomic E-state index is 11.7. The minimum Gasteiger partial charge on any atom is -0.489 e. The number of sulfonamides is 1. The maximum atomic E-state index is 11.7. The summed E-state index contributed by atoms with van der Waals surface area (Å²) in [6, 6.07) is 11.3. The topological polar surface area (TPSA) is 72.5 Å². The fraction of sp³-hybridized carbons (Fsp3) is 0.133. The number of rotatable bonds is 5. The summed E-state index contributed by atoms with van der Waals surface area (Å²) in [6.07, 6.45) is 0.921. The summed E-state index contributed by atoms with van der Waals surface area (Å²) in [7, 11) is -3.58. The van der Waals surface area contributed by atoms with Gasteiger partial charge in [-0.3, -0.25) is 4.79 Å². The molecule has 2 rings (SSSR count). The van der Waals surface area contributed by atoms with E-state index in [-0.39, 0.29) is 12.2 Å². The van der Waals surface area contributed by atoms with Gasteiger partial charge in [0.25, 0.3) is 5.91 Å². The van der Waals surface area contributed by atoms with Gasteiger partial charge < -0.3 is 4.74 Å². The smallest absolute Gasteiger partial charge is 0.264 e. The van der Waals surface area contributed by atoms with Gasteiger partial charge in [-0.15, -0.1) is 0 Å². The predicted molar refractivity (Wildman–Crippen MR) is 89.5 cm³/mol. The van der Waals surface area contributed by atoms with Crippen molar-refractivity contribution in [2.75, 3.05) is 6.26 Å². The SMILES string of the molecule is CS(=O)(=O)NC(=O)c1ccc(COc2ccc(Cl)c(Cl)c2)cc1. The van der Waals surface area contributed by atoms with Crippen LogP contribution in [0.1, 0.15) is 15.9 Å². The highest BCUT2D eigenvalue weighted by Gasteiger charge is 2.10. The zero-order valence-electron chi connectivity index (χ0n) is 12.0. The van der Waals surface area contributed by atoms with Crippen molar-refractivity contribution in [1.82, 2.24) is 4.72 Å². The Morgan fingerprint density at radius 3 is 2.30 bits per heavy atom. The molecule has 0 saturated heterocycles. The molecule has 0 radical (unpaired) electrons. The third-order valence-electron chi connectivity index (χ3n) is 2.79. The third kappa shape index (κ3) is 5.42. The summed E-state index contributed by atoms with van der Waals surface area (Å²) >= 11 is 11.7. The van der Waals surface area contributed by atoms with Crippen LogP contribution in [0.5, 0.6) is 5.75 Å². The fourth-order valence-electron chi connectivity index (χ4n) is 1.71. The van der Waals surface area contributed by atoms with E-state index in [1.165, 1.54) is 12.1 Å². The molecule has 1 N–H and O–H groups in total. The summed E-state index contributed by atoms with van der Waals surface area (Å²) in [5, 5.41) is 0.845. The molecule has 0 bridgehead atoms. The lowest BCUT2D eigenvalue weighted by Crippen LogP contribution is -2.29. The Morgan fingerprint density at radius 2 is 1.74 bits per heavy atom. The first-order valence-corrected chi connectivity index (χ1v) is 9.08. The van der Waals surface area contributed by atoms with E-state index >= 15 is 0 Å². The van der Waals surface area contributed by atoms with E-state index < -0.39 is 15.9 Å². The Morgan fingerprint density at radius 1 is 1.09 bits per heavy atom. The molecule has 1 amide bonds. The van der Waals surface area contributed by atoms with Gasteiger partial charge in [-0.2, -0.15) is 0 Å². The molecule has 0 fully saturated rings. The lowest BCUT2D eigenvalue weighted by atomic mass is 10.1. The molecule has 122 valence electrons. The number of hydrogen-bond donors (Lipinski definition) is 1. The van der Waals surface area contributed by atoms with Crippen LogP contribution in [0, 0.1) is 0 Å². The molecular formula is C15H13Cl2NO4S. The van der Waals surface area contributed by atoms with Crippen LogP contribution >= 0.6 is 23.2 Å². The summed E-state index contributed by atoms with van der Waals surface area (Å²) in [4.78, 5) is 11.7. The van der Waals surface area contributed by atoms with E-state index in [9.17, 15) is 13.2 Å². The Bertz CT molecular complexity index is 820. The van der Waals surface area contributed by atoms with Crippen LogP contribution in [-0.4, -0.2) is 20.6 Å². The molecule has 0 aliphatic heterocycles. The second-order valence-corrected chi connectivity index (χ2v) is 7.33. The van der Waals surface area contributed by atoms with Gasteiger partial charge in [-0.25, -0.2) is 13.1 Å². The molecule has 23 heavy (non-hydrogen) atoms. The van der Waals surface area contributed by atoms with Crippen molar-refractivity contribution >= 4 is 39.1 Å². The zero-order valence-corrected chi connectivity index (χ0v) is 14.4. The fourth-order valence-corrected chi connectivity index (χ4v) is 2.46. The normalized spacial score (nSPS) is 11.1. The van der Waals surface area contributed by atoms with Crippen LogP contribution in [0.25, 0.3) is 0 Å². The van der Waals surface area contributed by atoms with Gasteiger partial charge in [-0.1, -0.05) is 35.3 Å². The average Bonchev–Trinajstić information content (AvgIpc) is 2.47. The van der Waals surface area contributed by atoms with E-state index in [1.54, 1.807) is 30.3 Å². The Labute approximate surface area is 144 Å². The third-order valence-corrected chi connectivity index (χ3v) is 4.09. The zero-order chi connectivity index (χ0) is 17.0. The van der Waals surface area contributed by atoms with Crippen LogP contribution in [0.3, 0.4) is 0 Å². The second-order valence-electron chi connectivity index (χ2n) is 4.76. The van der Waals surface area contributed by atoms with Crippen molar-refractivity contribution in [1.29, 1.82) is 0 Å². The summed E-state index contributed by atoms with van der Waals surface area (Å²) in [5.74, 6) is -0.109. The quantitative estimate of drug-likeness (QED) is 0.872. The van der Waals surface area contributed by atoms with E-state index in [2.05, 4.69) is 0 Å². The van der Waals surface area contributed by atoms with E-state index in [0.29, 0.717) is 15.8 Å². The van der Waals surface area contributed by atoms with Gasteiger partial charge in [0.1, 0.15) is 12.4 Å². The first-order chi connectivity index (χ1) is 10.7. The molecule has 5 nitrogen and oxygen atoms in total. The monoisotopic (exact) mass is 373 g/mol.